The van der Waals surface area contributed by atoms with Crippen molar-refractivity contribution in [2.75, 3.05) is 0 Å². The third kappa shape index (κ3) is 3.70. The van der Waals surface area contributed by atoms with Crippen molar-refractivity contribution in [3.63, 3.8) is 0 Å². The zero-order chi connectivity index (χ0) is 15.2. The van der Waals surface area contributed by atoms with Crippen molar-refractivity contribution < 1.29 is 9.21 Å². The molecular weight excluding hydrogens is 276 g/mol. The highest BCUT2D eigenvalue weighted by Gasteiger charge is 2.21. The van der Waals surface area contributed by atoms with Crippen LogP contribution in [0, 0.1) is 0 Å². The summed E-state index contributed by atoms with van der Waals surface area (Å²) in [5.74, 6) is 0.741. The fourth-order valence-corrected chi connectivity index (χ4v) is 3.02. The Hall–Kier alpha value is -2.23. The predicted octanol–water partition coefficient (Wildman–Crippen LogP) is 4.00. The number of rotatable bonds is 4. The van der Waals surface area contributed by atoms with Crippen LogP contribution in [-0.4, -0.2) is 12.1 Å². The van der Waals surface area contributed by atoms with E-state index >= 15 is 0 Å². The molecular formula is C18H22N2O2. The molecule has 1 aromatic carbocycles. The van der Waals surface area contributed by atoms with Crippen molar-refractivity contribution >= 4 is 6.03 Å². The molecule has 0 radical (unpaired) electrons. The van der Waals surface area contributed by atoms with Crippen LogP contribution >= 0.6 is 0 Å². The van der Waals surface area contributed by atoms with Crippen molar-refractivity contribution in [1.82, 2.24) is 10.6 Å². The molecule has 1 aliphatic rings. The molecule has 0 spiro atoms. The van der Waals surface area contributed by atoms with E-state index in [0.717, 1.165) is 24.2 Å². The Morgan fingerprint density at radius 1 is 1.05 bits per heavy atom. The van der Waals surface area contributed by atoms with E-state index in [2.05, 4.69) is 10.6 Å². The number of benzene rings is 1. The van der Waals surface area contributed by atoms with Crippen molar-refractivity contribution in [3.8, 4) is 0 Å². The molecule has 1 atom stereocenters. The minimum atomic E-state index is -0.264. The van der Waals surface area contributed by atoms with Gasteiger partial charge < -0.3 is 15.1 Å². The molecule has 1 fully saturated rings. The van der Waals surface area contributed by atoms with Crippen molar-refractivity contribution in [1.29, 1.82) is 0 Å². The fraction of sp³-hybridized carbons (Fsp3) is 0.389. The third-order valence-electron chi connectivity index (χ3n) is 4.18. The Morgan fingerprint density at radius 2 is 1.82 bits per heavy atom. The summed E-state index contributed by atoms with van der Waals surface area (Å²) in [7, 11) is 0. The quantitative estimate of drug-likeness (QED) is 0.896. The predicted molar refractivity (Wildman–Crippen MR) is 85.5 cm³/mol. The Kier molecular flexibility index (Phi) is 4.78. The average Bonchev–Trinajstić information content (AvgIpc) is 3.08. The van der Waals surface area contributed by atoms with Crippen LogP contribution in [0.5, 0.6) is 0 Å². The summed E-state index contributed by atoms with van der Waals surface area (Å²) in [5, 5.41) is 6.13. The maximum absolute atomic E-state index is 12.3. The molecule has 4 nitrogen and oxygen atoms in total. The van der Waals surface area contributed by atoms with E-state index in [4.69, 9.17) is 4.42 Å². The van der Waals surface area contributed by atoms with E-state index < -0.39 is 0 Å². The maximum Gasteiger partial charge on any atom is 0.315 e. The van der Waals surface area contributed by atoms with Gasteiger partial charge in [-0.25, -0.2) is 4.79 Å². The molecule has 1 unspecified atom stereocenters. The minimum Gasteiger partial charge on any atom is -0.467 e. The van der Waals surface area contributed by atoms with Crippen LogP contribution in [0.25, 0.3) is 0 Å². The van der Waals surface area contributed by atoms with Gasteiger partial charge in [0.2, 0.25) is 0 Å². The first-order valence-corrected chi connectivity index (χ1v) is 7.98. The maximum atomic E-state index is 12.3. The van der Waals surface area contributed by atoms with Crippen LogP contribution in [0.4, 0.5) is 4.79 Å². The SMILES string of the molecule is O=C(NC1CCCCC1)NC(c1ccccc1)c1ccco1. The molecule has 116 valence electrons. The van der Waals surface area contributed by atoms with Gasteiger partial charge in [-0.3, -0.25) is 0 Å². The summed E-state index contributed by atoms with van der Waals surface area (Å²) in [6.07, 6.45) is 7.45. The van der Waals surface area contributed by atoms with Gasteiger partial charge in [-0.1, -0.05) is 49.6 Å². The monoisotopic (exact) mass is 298 g/mol. The molecule has 2 amide bonds. The highest BCUT2D eigenvalue weighted by Crippen LogP contribution is 2.22. The van der Waals surface area contributed by atoms with Crippen LogP contribution in [0.3, 0.4) is 0 Å². The van der Waals surface area contributed by atoms with Gasteiger partial charge in [0, 0.05) is 6.04 Å². The van der Waals surface area contributed by atoms with Gasteiger partial charge in [0.25, 0.3) is 0 Å². The number of urea groups is 1. The number of hydrogen-bond donors (Lipinski definition) is 2. The van der Waals surface area contributed by atoms with Crippen LogP contribution in [0.1, 0.15) is 49.5 Å². The Morgan fingerprint density at radius 3 is 2.50 bits per heavy atom. The number of hydrogen-bond acceptors (Lipinski definition) is 2. The van der Waals surface area contributed by atoms with Gasteiger partial charge in [-0.15, -0.1) is 0 Å². The molecule has 22 heavy (non-hydrogen) atoms. The second-order valence-corrected chi connectivity index (χ2v) is 5.81. The fourth-order valence-electron chi connectivity index (χ4n) is 3.02. The van der Waals surface area contributed by atoms with E-state index in [-0.39, 0.29) is 12.1 Å². The van der Waals surface area contributed by atoms with Gasteiger partial charge in [0.05, 0.1) is 6.26 Å². The summed E-state index contributed by atoms with van der Waals surface area (Å²) in [4.78, 5) is 12.3. The smallest absolute Gasteiger partial charge is 0.315 e. The zero-order valence-corrected chi connectivity index (χ0v) is 12.6. The van der Waals surface area contributed by atoms with E-state index in [0.29, 0.717) is 6.04 Å². The van der Waals surface area contributed by atoms with Crippen molar-refractivity contribution in [2.45, 2.75) is 44.2 Å². The first kappa shape index (κ1) is 14.7. The molecule has 1 heterocycles. The molecule has 0 saturated heterocycles. The molecule has 0 bridgehead atoms. The van der Waals surface area contributed by atoms with Crippen LogP contribution in [-0.2, 0) is 0 Å². The first-order valence-electron chi connectivity index (χ1n) is 7.98. The van der Waals surface area contributed by atoms with Crippen molar-refractivity contribution in [3.05, 3.63) is 60.1 Å². The standard InChI is InChI=1S/C18H22N2O2/c21-18(19-15-10-5-2-6-11-15)20-17(16-12-7-13-22-16)14-8-3-1-4-9-14/h1,3-4,7-9,12-13,15,17H,2,5-6,10-11H2,(H2,19,20,21). The molecule has 3 rings (SSSR count). The number of furan rings is 1. The van der Waals surface area contributed by atoms with Crippen LogP contribution in [0.15, 0.2) is 53.1 Å². The number of nitrogens with one attached hydrogen (secondary N) is 2. The van der Waals surface area contributed by atoms with E-state index in [1.165, 1.54) is 19.3 Å². The summed E-state index contributed by atoms with van der Waals surface area (Å²) >= 11 is 0. The Bertz CT molecular complexity index is 574. The topological polar surface area (TPSA) is 54.3 Å². The summed E-state index contributed by atoms with van der Waals surface area (Å²) in [5.41, 5.74) is 1.01. The molecule has 1 saturated carbocycles. The first-order chi connectivity index (χ1) is 10.8. The normalized spacial score (nSPS) is 16.9. The van der Waals surface area contributed by atoms with Gasteiger partial charge >= 0.3 is 6.03 Å². The highest BCUT2D eigenvalue weighted by atomic mass is 16.3. The highest BCUT2D eigenvalue weighted by molar-refractivity contribution is 5.75. The number of carbonyl (C=O) groups excluding carboxylic acids is 1. The lowest BCUT2D eigenvalue weighted by atomic mass is 9.96. The van der Waals surface area contributed by atoms with E-state index in [1.807, 2.05) is 42.5 Å². The lowest BCUT2D eigenvalue weighted by molar-refractivity contribution is 0.229. The van der Waals surface area contributed by atoms with Crippen LogP contribution in [0.2, 0.25) is 0 Å². The Balaban J connectivity index is 1.69. The van der Waals surface area contributed by atoms with Crippen molar-refractivity contribution in [2.24, 2.45) is 0 Å². The van der Waals surface area contributed by atoms with Crippen LogP contribution < -0.4 is 10.6 Å². The zero-order valence-electron chi connectivity index (χ0n) is 12.6. The number of amides is 2. The molecule has 1 aromatic heterocycles. The van der Waals surface area contributed by atoms with Gasteiger partial charge in [-0.05, 0) is 30.5 Å². The van der Waals surface area contributed by atoms with E-state index in [9.17, 15) is 4.79 Å². The van der Waals surface area contributed by atoms with Gasteiger partial charge in [0.15, 0.2) is 0 Å². The Labute approximate surface area is 130 Å². The van der Waals surface area contributed by atoms with Gasteiger partial charge in [-0.2, -0.15) is 0 Å². The molecule has 4 heteroatoms. The summed E-state index contributed by atoms with van der Waals surface area (Å²) in [6.45, 7) is 0. The van der Waals surface area contributed by atoms with Gasteiger partial charge in [0.1, 0.15) is 11.8 Å². The minimum absolute atomic E-state index is 0.128. The summed E-state index contributed by atoms with van der Waals surface area (Å²) in [6, 6.07) is 13.5. The molecule has 1 aliphatic carbocycles. The largest absolute Gasteiger partial charge is 0.467 e. The molecule has 2 N–H and O–H groups in total. The molecule has 2 aromatic rings. The number of carbonyl (C=O) groups is 1. The second kappa shape index (κ2) is 7.16. The average molecular weight is 298 g/mol. The van der Waals surface area contributed by atoms with E-state index in [1.54, 1.807) is 6.26 Å². The lowest BCUT2D eigenvalue weighted by Gasteiger charge is -2.24. The lowest BCUT2D eigenvalue weighted by Crippen LogP contribution is -2.44. The second-order valence-electron chi connectivity index (χ2n) is 5.81. The summed E-state index contributed by atoms with van der Waals surface area (Å²) < 4.78 is 5.50. The third-order valence-corrected chi connectivity index (χ3v) is 4.18. The molecule has 0 aliphatic heterocycles.